The number of carbonyl (C=O) groups excluding carboxylic acids is 1. The van der Waals surface area contributed by atoms with Crippen molar-refractivity contribution in [3.63, 3.8) is 0 Å². The van der Waals surface area contributed by atoms with Gasteiger partial charge in [0.2, 0.25) is 5.91 Å². The summed E-state index contributed by atoms with van der Waals surface area (Å²) in [4.78, 5) is 18.3. The summed E-state index contributed by atoms with van der Waals surface area (Å²) in [5.41, 5.74) is 0.603. The Bertz CT molecular complexity index is 684. The molecule has 0 unspecified atom stereocenters. The van der Waals surface area contributed by atoms with E-state index in [1.807, 2.05) is 11.0 Å². The smallest absolute Gasteiger partial charge is 0.228 e. The highest BCUT2D eigenvalue weighted by Gasteiger charge is 2.26. The SMILES string of the molecule is O=C(Nc1ccc(Cl)cn1)C1CCN(c2ccccc2F)CC1. The molecule has 120 valence electrons. The van der Waals surface area contributed by atoms with E-state index in [1.165, 1.54) is 12.3 Å². The number of rotatable bonds is 3. The minimum absolute atomic E-state index is 0.0481. The van der Waals surface area contributed by atoms with Gasteiger partial charge < -0.3 is 10.2 Å². The second kappa shape index (κ2) is 6.96. The molecule has 1 aliphatic rings. The van der Waals surface area contributed by atoms with Crippen LogP contribution in [-0.2, 0) is 4.79 Å². The van der Waals surface area contributed by atoms with Crippen molar-refractivity contribution in [2.24, 2.45) is 5.92 Å². The summed E-state index contributed by atoms with van der Waals surface area (Å²) in [6.07, 6.45) is 2.87. The van der Waals surface area contributed by atoms with Gasteiger partial charge in [-0.15, -0.1) is 0 Å². The van der Waals surface area contributed by atoms with Crippen molar-refractivity contribution in [3.8, 4) is 0 Å². The highest BCUT2D eigenvalue weighted by molar-refractivity contribution is 6.30. The highest BCUT2D eigenvalue weighted by Crippen LogP contribution is 2.26. The molecule has 1 aromatic heterocycles. The maximum atomic E-state index is 13.8. The van der Waals surface area contributed by atoms with E-state index in [1.54, 1.807) is 24.3 Å². The first-order valence-electron chi connectivity index (χ1n) is 7.55. The van der Waals surface area contributed by atoms with Crippen molar-refractivity contribution in [2.45, 2.75) is 12.8 Å². The Kier molecular flexibility index (Phi) is 4.76. The van der Waals surface area contributed by atoms with Crippen LogP contribution in [0.4, 0.5) is 15.9 Å². The monoisotopic (exact) mass is 333 g/mol. The molecule has 2 heterocycles. The first-order chi connectivity index (χ1) is 11.1. The minimum atomic E-state index is -0.222. The normalized spacial score (nSPS) is 15.5. The zero-order valence-corrected chi connectivity index (χ0v) is 13.3. The van der Waals surface area contributed by atoms with Crippen LogP contribution in [0.2, 0.25) is 5.02 Å². The van der Waals surface area contributed by atoms with Gasteiger partial charge in [0.15, 0.2) is 0 Å². The average molecular weight is 334 g/mol. The Morgan fingerprint density at radius 3 is 2.61 bits per heavy atom. The summed E-state index contributed by atoms with van der Waals surface area (Å²) < 4.78 is 13.8. The van der Waals surface area contributed by atoms with Crippen LogP contribution in [0.3, 0.4) is 0 Å². The van der Waals surface area contributed by atoms with Crippen LogP contribution in [0.25, 0.3) is 0 Å². The van der Waals surface area contributed by atoms with E-state index in [4.69, 9.17) is 11.6 Å². The van der Waals surface area contributed by atoms with E-state index < -0.39 is 0 Å². The predicted octanol–water partition coefficient (Wildman–Crippen LogP) is 3.73. The van der Waals surface area contributed by atoms with Gasteiger partial charge in [0.05, 0.1) is 10.7 Å². The zero-order chi connectivity index (χ0) is 16.2. The molecule has 0 atom stereocenters. The molecule has 6 heteroatoms. The number of nitrogens with zero attached hydrogens (tertiary/aromatic N) is 2. The third-order valence-corrected chi connectivity index (χ3v) is 4.26. The second-order valence-electron chi connectivity index (χ2n) is 5.56. The molecule has 1 amide bonds. The maximum Gasteiger partial charge on any atom is 0.228 e. The number of para-hydroxylation sites is 1. The third kappa shape index (κ3) is 3.79. The summed E-state index contributed by atoms with van der Waals surface area (Å²) in [7, 11) is 0. The molecule has 1 N–H and O–H groups in total. The van der Waals surface area contributed by atoms with Gasteiger partial charge in [0.25, 0.3) is 0 Å². The van der Waals surface area contributed by atoms with Gasteiger partial charge in [-0.2, -0.15) is 0 Å². The van der Waals surface area contributed by atoms with Crippen LogP contribution < -0.4 is 10.2 Å². The predicted molar refractivity (Wildman–Crippen MR) is 89.2 cm³/mol. The number of aromatic nitrogens is 1. The number of hydrogen-bond acceptors (Lipinski definition) is 3. The van der Waals surface area contributed by atoms with Crippen LogP contribution in [0.5, 0.6) is 0 Å². The quantitative estimate of drug-likeness (QED) is 0.931. The molecule has 0 radical (unpaired) electrons. The molecule has 0 bridgehead atoms. The molecule has 1 aromatic carbocycles. The number of nitrogens with one attached hydrogen (secondary N) is 1. The molecule has 0 spiro atoms. The van der Waals surface area contributed by atoms with Gasteiger partial charge in [0, 0.05) is 25.2 Å². The molecule has 0 saturated carbocycles. The molecule has 0 aliphatic carbocycles. The number of anilines is 2. The molecule has 4 nitrogen and oxygen atoms in total. The molecule has 2 aromatic rings. The fourth-order valence-corrected chi connectivity index (χ4v) is 2.88. The third-order valence-electron chi connectivity index (χ3n) is 4.04. The number of halogens is 2. The number of pyridine rings is 1. The Morgan fingerprint density at radius 1 is 1.22 bits per heavy atom. The lowest BCUT2D eigenvalue weighted by molar-refractivity contribution is -0.120. The topological polar surface area (TPSA) is 45.2 Å². The Hall–Kier alpha value is -2.14. The van der Waals surface area contributed by atoms with Crippen molar-refractivity contribution >= 4 is 29.0 Å². The molecule has 1 fully saturated rings. The van der Waals surface area contributed by atoms with Crippen LogP contribution in [-0.4, -0.2) is 24.0 Å². The average Bonchev–Trinajstić information content (AvgIpc) is 2.57. The Labute approximate surface area is 139 Å². The van der Waals surface area contributed by atoms with Gasteiger partial charge >= 0.3 is 0 Å². The fraction of sp³-hybridized carbons (Fsp3) is 0.294. The van der Waals surface area contributed by atoms with Gasteiger partial charge in [0.1, 0.15) is 11.6 Å². The number of benzene rings is 1. The maximum absolute atomic E-state index is 13.8. The lowest BCUT2D eigenvalue weighted by atomic mass is 9.95. The number of hydrogen-bond donors (Lipinski definition) is 1. The molecular formula is C17H17ClFN3O. The van der Waals surface area contributed by atoms with Crippen LogP contribution in [0, 0.1) is 11.7 Å². The van der Waals surface area contributed by atoms with E-state index in [-0.39, 0.29) is 17.6 Å². The Morgan fingerprint density at radius 2 is 1.96 bits per heavy atom. The van der Waals surface area contributed by atoms with Gasteiger partial charge in [-0.25, -0.2) is 9.37 Å². The van der Waals surface area contributed by atoms with E-state index in [0.29, 0.717) is 42.5 Å². The summed E-state index contributed by atoms with van der Waals surface area (Å²) >= 11 is 5.77. The molecule has 3 rings (SSSR count). The van der Waals surface area contributed by atoms with E-state index in [0.717, 1.165) is 0 Å². The minimum Gasteiger partial charge on any atom is -0.369 e. The molecule has 1 aliphatic heterocycles. The van der Waals surface area contributed by atoms with Crippen LogP contribution >= 0.6 is 11.6 Å². The molecule has 1 saturated heterocycles. The lowest BCUT2D eigenvalue weighted by Gasteiger charge is -2.33. The van der Waals surface area contributed by atoms with Gasteiger partial charge in [-0.3, -0.25) is 4.79 Å². The number of piperidine rings is 1. The first-order valence-corrected chi connectivity index (χ1v) is 7.93. The van der Waals surface area contributed by atoms with E-state index in [9.17, 15) is 9.18 Å². The van der Waals surface area contributed by atoms with Gasteiger partial charge in [-0.1, -0.05) is 23.7 Å². The van der Waals surface area contributed by atoms with Crippen molar-refractivity contribution < 1.29 is 9.18 Å². The summed E-state index contributed by atoms with van der Waals surface area (Å²) in [6, 6.07) is 10.1. The van der Waals surface area contributed by atoms with Crippen molar-refractivity contribution in [2.75, 3.05) is 23.3 Å². The summed E-state index contributed by atoms with van der Waals surface area (Å²) in [5, 5.41) is 3.33. The zero-order valence-electron chi connectivity index (χ0n) is 12.5. The summed E-state index contributed by atoms with van der Waals surface area (Å²) in [6.45, 7) is 1.32. The standard InChI is InChI=1S/C17H17ClFN3O/c18-13-5-6-16(20-11-13)21-17(23)12-7-9-22(10-8-12)15-4-2-1-3-14(15)19/h1-6,11-12H,7-10H2,(H,20,21,23). The Balaban J connectivity index is 1.57. The van der Waals surface area contributed by atoms with Crippen molar-refractivity contribution in [1.82, 2.24) is 4.98 Å². The molecule has 23 heavy (non-hydrogen) atoms. The highest BCUT2D eigenvalue weighted by atomic mass is 35.5. The van der Waals surface area contributed by atoms with Crippen molar-refractivity contribution in [1.29, 1.82) is 0 Å². The fourth-order valence-electron chi connectivity index (χ4n) is 2.77. The van der Waals surface area contributed by atoms with E-state index in [2.05, 4.69) is 10.3 Å². The lowest BCUT2D eigenvalue weighted by Crippen LogP contribution is -2.38. The number of amides is 1. The van der Waals surface area contributed by atoms with Crippen LogP contribution in [0.1, 0.15) is 12.8 Å². The number of carbonyl (C=O) groups is 1. The van der Waals surface area contributed by atoms with E-state index >= 15 is 0 Å². The van der Waals surface area contributed by atoms with Gasteiger partial charge in [-0.05, 0) is 37.1 Å². The largest absolute Gasteiger partial charge is 0.369 e. The van der Waals surface area contributed by atoms with Crippen LogP contribution in [0.15, 0.2) is 42.6 Å². The summed E-state index contributed by atoms with van der Waals surface area (Å²) in [5.74, 6) is 0.139. The molecular weight excluding hydrogens is 317 g/mol. The van der Waals surface area contributed by atoms with Crippen molar-refractivity contribution in [3.05, 3.63) is 53.4 Å². The first kappa shape index (κ1) is 15.7. The second-order valence-corrected chi connectivity index (χ2v) is 6.00.